The Bertz CT molecular complexity index is 1660. The van der Waals surface area contributed by atoms with E-state index in [0.717, 1.165) is 6.07 Å². The van der Waals surface area contributed by atoms with Gasteiger partial charge in [-0.25, -0.2) is 23.4 Å². The van der Waals surface area contributed by atoms with E-state index in [0.29, 0.717) is 31.6 Å². The molecule has 5 rings (SSSR count). The third kappa shape index (κ3) is 5.94. The lowest BCUT2D eigenvalue weighted by Crippen LogP contribution is -2.33. The number of fused-ring (bicyclic) bond motifs is 1. The van der Waals surface area contributed by atoms with Crippen molar-refractivity contribution in [3.63, 3.8) is 0 Å². The number of pyridine rings is 2. The first kappa shape index (κ1) is 29.7. The number of nitrogens with zero attached hydrogens (tertiary/aromatic N) is 4. The number of benzene rings is 1. The highest BCUT2D eigenvalue weighted by Gasteiger charge is 2.33. The highest BCUT2D eigenvalue weighted by Crippen LogP contribution is 2.30. The minimum Gasteiger partial charge on any atom is -0.477 e. The van der Waals surface area contributed by atoms with Gasteiger partial charge in [-0.1, -0.05) is 6.92 Å². The normalized spacial score (nSPS) is 19.0. The van der Waals surface area contributed by atoms with Crippen molar-refractivity contribution >= 4 is 46.2 Å². The van der Waals surface area contributed by atoms with Crippen LogP contribution in [0.1, 0.15) is 50.0 Å². The van der Waals surface area contributed by atoms with Crippen LogP contribution in [0.4, 0.5) is 30.8 Å². The summed E-state index contributed by atoms with van der Waals surface area (Å²) in [6, 6.07) is 4.90. The molecular weight excluding hydrogens is 566 g/mol. The molecule has 2 aliphatic rings. The van der Waals surface area contributed by atoms with Gasteiger partial charge < -0.3 is 29.9 Å². The monoisotopic (exact) mass is 598 g/mol. The maximum absolute atomic E-state index is 15.3. The third-order valence-electron chi connectivity index (χ3n) is 7.80. The van der Waals surface area contributed by atoms with E-state index in [1.54, 1.807) is 15.5 Å². The molecule has 228 valence electrons. The number of nitrogens with one attached hydrogen (secondary N) is 2. The van der Waals surface area contributed by atoms with Crippen LogP contribution in [-0.2, 0) is 9.53 Å². The van der Waals surface area contributed by atoms with Crippen LogP contribution in [-0.4, -0.2) is 71.0 Å². The quantitative estimate of drug-likeness (QED) is 0.337. The number of carbonyl (C=O) groups is 3. The summed E-state index contributed by atoms with van der Waals surface area (Å²) in [5.74, 6) is -2.97. The standard InChI is InChI=1S/C29H32F2N6O6/c1-4-15(2)36-14-21(28(40)41)25(39)20-10-23(31)27(34-26(20)36)35-8-7-17(12-35)33-24-6-5-18(9-22(24)30)37-13-19(43-29(37)42)11-32-16(3)38/h5-6,9-10,14-15,17,19,33H,4,7-8,11-13H2,1-3H3,(H,32,38)(H,40,41)/t15?,17-,19+/m1/s1. The summed E-state index contributed by atoms with van der Waals surface area (Å²) in [5.41, 5.74) is -0.542. The van der Waals surface area contributed by atoms with Crippen LogP contribution < -0.4 is 25.9 Å². The smallest absolute Gasteiger partial charge is 0.414 e. The van der Waals surface area contributed by atoms with Crippen LogP contribution in [0.5, 0.6) is 0 Å². The van der Waals surface area contributed by atoms with E-state index in [9.17, 15) is 24.3 Å². The van der Waals surface area contributed by atoms with Gasteiger partial charge in [-0.15, -0.1) is 0 Å². The molecule has 0 saturated carbocycles. The molecule has 14 heteroatoms. The number of amides is 2. The fourth-order valence-electron chi connectivity index (χ4n) is 5.32. The Labute approximate surface area is 245 Å². The predicted octanol–water partition coefficient (Wildman–Crippen LogP) is 3.50. The van der Waals surface area contributed by atoms with Crippen molar-refractivity contribution in [2.75, 3.05) is 41.3 Å². The SMILES string of the molecule is CCC(C)n1cc(C(=O)O)c(=O)c2cc(F)c(N3CC[C@@H](Nc4ccc(N5C[C@H](CNC(C)=O)OC5=O)cc4F)C3)nc21. The minimum atomic E-state index is -1.39. The second kappa shape index (κ2) is 11.9. The highest BCUT2D eigenvalue weighted by atomic mass is 19.1. The summed E-state index contributed by atoms with van der Waals surface area (Å²) in [7, 11) is 0. The molecule has 2 aromatic heterocycles. The molecule has 4 heterocycles. The summed E-state index contributed by atoms with van der Waals surface area (Å²) >= 11 is 0. The Hall–Kier alpha value is -4.75. The number of aromatic nitrogens is 2. The molecule has 3 aromatic rings. The number of carboxylic acids is 1. The highest BCUT2D eigenvalue weighted by molar-refractivity contribution is 5.92. The Kier molecular flexibility index (Phi) is 8.20. The molecule has 2 saturated heterocycles. The third-order valence-corrected chi connectivity index (χ3v) is 7.80. The second-order valence-electron chi connectivity index (χ2n) is 10.8. The van der Waals surface area contributed by atoms with E-state index in [2.05, 4.69) is 15.6 Å². The van der Waals surface area contributed by atoms with Gasteiger partial charge in [-0.05, 0) is 44.0 Å². The number of hydrogen-bond donors (Lipinski definition) is 3. The van der Waals surface area contributed by atoms with Crippen LogP contribution in [0.2, 0.25) is 0 Å². The fourth-order valence-corrected chi connectivity index (χ4v) is 5.32. The lowest BCUT2D eigenvalue weighted by molar-refractivity contribution is -0.119. The second-order valence-corrected chi connectivity index (χ2v) is 10.8. The maximum atomic E-state index is 15.3. The summed E-state index contributed by atoms with van der Waals surface area (Å²) in [5, 5.41) is 15.1. The first-order valence-electron chi connectivity index (χ1n) is 14.0. The van der Waals surface area contributed by atoms with Crippen molar-refractivity contribution in [1.29, 1.82) is 0 Å². The summed E-state index contributed by atoms with van der Waals surface area (Å²) in [6.45, 7) is 6.14. The molecule has 1 unspecified atom stereocenters. The largest absolute Gasteiger partial charge is 0.477 e. The zero-order valence-corrected chi connectivity index (χ0v) is 23.9. The summed E-state index contributed by atoms with van der Waals surface area (Å²) in [4.78, 5) is 55.4. The van der Waals surface area contributed by atoms with Crippen LogP contribution in [0.3, 0.4) is 0 Å². The van der Waals surface area contributed by atoms with Gasteiger partial charge in [0.2, 0.25) is 11.3 Å². The average molecular weight is 599 g/mol. The molecule has 2 amide bonds. The van der Waals surface area contributed by atoms with Crippen molar-refractivity contribution in [3.05, 3.63) is 57.9 Å². The number of carbonyl (C=O) groups excluding carboxylic acids is 2. The van der Waals surface area contributed by atoms with E-state index in [1.807, 2.05) is 13.8 Å². The van der Waals surface area contributed by atoms with Gasteiger partial charge in [0.15, 0.2) is 11.6 Å². The molecule has 1 aromatic carbocycles. The van der Waals surface area contributed by atoms with Crippen molar-refractivity contribution < 1.29 is 33.0 Å². The van der Waals surface area contributed by atoms with Gasteiger partial charge in [0.1, 0.15) is 23.1 Å². The molecule has 3 atom stereocenters. The fraction of sp³-hybridized carbons (Fsp3) is 0.414. The number of hydrogen-bond acceptors (Lipinski definition) is 8. The molecule has 43 heavy (non-hydrogen) atoms. The number of aromatic carboxylic acids is 1. The predicted molar refractivity (Wildman–Crippen MR) is 155 cm³/mol. The van der Waals surface area contributed by atoms with Gasteiger partial charge in [0, 0.05) is 38.3 Å². The number of cyclic esters (lactones) is 1. The van der Waals surface area contributed by atoms with Gasteiger partial charge in [0.25, 0.3) is 0 Å². The number of halogens is 2. The van der Waals surface area contributed by atoms with E-state index in [-0.39, 0.29) is 53.6 Å². The van der Waals surface area contributed by atoms with Crippen LogP contribution >= 0.6 is 0 Å². The number of carboxylic acid groups (broad SMARTS) is 1. The molecular formula is C29H32F2N6O6. The summed E-state index contributed by atoms with van der Waals surface area (Å²) < 4.78 is 37.3. The molecule has 2 aliphatic heterocycles. The molecule has 0 radical (unpaired) electrons. The van der Waals surface area contributed by atoms with E-state index < -0.39 is 40.8 Å². The molecule has 2 fully saturated rings. The Morgan fingerprint density at radius 3 is 2.63 bits per heavy atom. The van der Waals surface area contributed by atoms with Crippen molar-refractivity contribution in [2.45, 2.75) is 51.8 Å². The average Bonchev–Trinajstić information content (AvgIpc) is 3.58. The van der Waals surface area contributed by atoms with Crippen LogP contribution in [0, 0.1) is 11.6 Å². The molecule has 0 aliphatic carbocycles. The van der Waals surface area contributed by atoms with Gasteiger partial charge in [0.05, 0.1) is 29.9 Å². The van der Waals surface area contributed by atoms with E-state index in [1.165, 1.54) is 30.2 Å². The Morgan fingerprint density at radius 1 is 1.19 bits per heavy atom. The van der Waals surface area contributed by atoms with Crippen molar-refractivity contribution in [3.8, 4) is 0 Å². The lowest BCUT2D eigenvalue weighted by atomic mass is 10.1. The topological polar surface area (TPSA) is 146 Å². The van der Waals surface area contributed by atoms with Gasteiger partial charge in [-0.2, -0.15) is 0 Å². The molecule has 12 nitrogen and oxygen atoms in total. The number of ether oxygens (including phenoxy) is 1. The lowest BCUT2D eigenvalue weighted by Gasteiger charge is -2.22. The molecule has 0 spiro atoms. The van der Waals surface area contributed by atoms with Gasteiger partial charge in [-0.3, -0.25) is 14.5 Å². The van der Waals surface area contributed by atoms with Crippen molar-refractivity contribution in [2.24, 2.45) is 0 Å². The van der Waals surface area contributed by atoms with Crippen LogP contribution in [0.15, 0.2) is 35.3 Å². The Balaban J connectivity index is 1.32. The van der Waals surface area contributed by atoms with Crippen molar-refractivity contribution in [1.82, 2.24) is 14.9 Å². The van der Waals surface area contributed by atoms with Gasteiger partial charge >= 0.3 is 12.1 Å². The molecule has 3 N–H and O–H groups in total. The summed E-state index contributed by atoms with van der Waals surface area (Å²) in [6.07, 6.45) is 1.23. The zero-order valence-electron chi connectivity index (χ0n) is 23.9. The number of anilines is 3. The minimum absolute atomic E-state index is 0.0218. The van der Waals surface area contributed by atoms with E-state index in [4.69, 9.17) is 4.74 Å². The first-order chi connectivity index (χ1) is 20.5. The zero-order chi connectivity index (χ0) is 31.0. The molecule has 0 bridgehead atoms. The Morgan fingerprint density at radius 2 is 1.95 bits per heavy atom. The first-order valence-corrected chi connectivity index (χ1v) is 14.0. The number of rotatable bonds is 9. The van der Waals surface area contributed by atoms with Crippen LogP contribution in [0.25, 0.3) is 11.0 Å². The maximum Gasteiger partial charge on any atom is 0.414 e. The van der Waals surface area contributed by atoms with E-state index >= 15 is 8.78 Å².